The van der Waals surface area contributed by atoms with E-state index in [2.05, 4.69) is 9.05 Å². The molecule has 0 unspecified atom stereocenters. The van der Waals surface area contributed by atoms with Crippen LogP contribution in [0.2, 0.25) is 0 Å². The number of rotatable bonds is 4. The molecular weight excluding hydrogens is 175 g/mol. The van der Waals surface area contributed by atoms with Gasteiger partial charge in [-0.3, -0.25) is 9.05 Å². The summed E-state index contributed by atoms with van der Waals surface area (Å²) >= 11 is 0. The molecule has 0 radical (unpaired) electrons. The summed E-state index contributed by atoms with van der Waals surface area (Å²) in [4.78, 5) is 8.63. The molecule has 0 fully saturated rings. The van der Waals surface area contributed by atoms with Gasteiger partial charge in [0.1, 0.15) is 0 Å². The first kappa shape index (κ1) is 17.2. The topological polar surface area (TPSA) is 119 Å². The molecule has 0 saturated carbocycles. The standard InChI is InChI=1S/C4H11O4P.2H2O/c1-3-7-9(5,6)8-4-2;;/h3-4H2,1-2H3,(H,5,6);2*1H2. The fourth-order valence-corrected chi connectivity index (χ4v) is 1.09. The van der Waals surface area contributed by atoms with E-state index in [-0.39, 0.29) is 24.2 Å². The van der Waals surface area contributed by atoms with Crippen LogP contribution in [0.3, 0.4) is 0 Å². The molecule has 0 spiro atoms. The molecule has 0 bridgehead atoms. The van der Waals surface area contributed by atoms with E-state index in [9.17, 15) is 4.57 Å². The molecule has 0 aromatic rings. The van der Waals surface area contributed by atoms with Crippen molar-refractivity contribution in [2.45, 2.75) is 13.8 Å². The zero-order valence-corrected chi connectivity index (χ0v) is 7.43. The fourth-order valence-electron chi connectivity index (χ4n) is 0.364. The van der Waals surface area contributed by atoms with Crippen molar-refractivity contribution in [3.8, 4) is 0 Å². The Kier molecular flexibility index (Phi) is 12.7. The molecule has 7 heteroatoms. The fraction of sp³-hybridized carbons (Fsp3) is 1.00. The van der Waals surface area contributed by atoms with E-state index >= 15 is 0 Å². The van der Waals surface area contributed by atoms with Crippen molar-refractivity contribution < 1.29 is 29.5 Å². The number of phosphoric ester groups is 1. The first-order valence-corrected chi connectivity index (χ1v) is 4.23. The highest BCUT2D eigenvalue weighted by Crippen LogP contribution is 2.42. The number of phosphoric acid groups is 1. The normalized spacial score (nSPS) is 9.73. The van der Waals surface area contributed by atoms with Crippen LogP contribution in [0, 0.1) is 0 Å². The Labute approximate surface area is 65.4 Å². The molecule has 72 valence electrons. The molecule has 0 aromatic heterocycles. The van der Waals surface area contributed by atoms with E-state index in [0.29, 0.717) is 0 Å². The Hall–Kier alpha value is 0.0300. The smallest absolute Gasteiger partial charge is 0.412 e. The van der Waals surface area contributed by atoms with Crippen LogP contribution in [0.4, 0.5) is 0 Å². The second-order valence-electron chi connectivity index (χ2n) is 1.30. The summed E-state index contributed by atoms with van der Waals surface area (Å²) in [6, 6.07) is 0. The molecule has 0 saturated heterocycles. The van der Waals surface area contributed by atoms with Gasteiger partial charge < -0.3 is 15.8 Å². The van der Waals surface area contributed by atoms with Crippen LogP contribution < -0.4 is 0 Å². The molecular formula is C4H15O6P. The lowest BCUT2D eigenvalue weighted by atomic mass is 10.9. The van der Waals surface area contributed by atoms with Crippen LogP contribution >= 0.6 is 7.82 Å². The van der Waals surface area contributed by atoms with Gasteiger partial charge in [-0.25, -0.2) is 4.57 Å². The van der Waals surface area contributed by atoms with Crippen LogP contribution in [0.1, 0.15) is 13.8 Å². The van der Waals surface area contributed by atoms with Crippen molar-refractivity contribution in [2.24, 2.45) is 0 Å². The number of hydrogen-bond donors (Lipinski definition) is 1. The van der Waals surface area contributed by atoms with Crippen LogP contribution in [0.5, 0.6) is 0 Å². The summed E-state index contributed by atoms with van der Waals surface area (Å²) in [7, 11) is -3.69. The Morgan fingerprint density at radius 1 is 1.18 bits per heavy atom. The van der Waals surface area contributed by atoms with Crippen molar-refractivity contribution in [1.82, 2.24) is 0 Å². The van der Waals surface area contributed by atoms with Crippen molar-refractivity contribution in [2.75, 3.05) is 13.2 Å². The summed E-state index contributed by atoms with van der Waals surface area (Å²) in [5.41, 5.74) is 0. The van der Waals surface area contributed by atoms with Crippen LogP contribution in [-0.2, 0) is 13.6 Å². The van der Waals surface area contributed by atoms with Gasteiger partial charge in [-0.2, -0.15) is 0 Å². The lowest BCUT2D eigenvalue weighted by molar-refractivity contribution is 0.161. The first-order chi connectivity index (χ1) is 4.12. The largest absolute Gasteiger partial charge is 0.472 e. The summed E-state index contributed by atoms with van der Waals surface area (Å²) in [6.07, 6.45) is 0. The molecule has 0 amide bonds. The van der Waals surface area contributed by atoms with Crippen LogP contribution in [0.15, 0.2) is 0 Å². The van der Waals surface area contributed by atoms with Gasteiger partial charge in [0.25, 0.3) is 0 Å². The second-order valence-corrected chi connectivity index (χ2v) is 2.76. The van der Waals surface area contributed by atoms with Crippen LogP contribution in [0.25, 0.3) is 0 Å². The molecule has 0 aliphatic carbocycles. The molecule has 0 aromatic carbocycles. The third-order valence-electron chi connectivity index (χ3n) is 0.584. The molecule has 0 atom stereocenters. The Morgan fingerprint density at radius 2 is 1.45 bits per heavy atom. The third kappa shape index (κ3) is 10.0. The molecule has 5 N–H and O–H groups in total. The van der Waals surface area contributed by atoms with Crippen molar-refractivity contribution >= 4 is 7.82 Å². The quantitative estimate of drug-likeness (QED) is 0.601. The highest BCUT2D eigenvalue weighted by molar-refractivity contribution is 7.47. The average molecular weight is 190 g/mol. The molecule has 0 rings (SSSR count). The molecule has 6 nitrogen and oxygen atoms in total. The minimum Gasteiger partial charge on any atom is -0.412 e. The van der Waals surface area contributed by atoms with Gasteiger partial charge in [0.15, 0.2) is 0 Å². The van der Waals surface area contributed by atoms with Gasteiger partial charge in [0.2, 0.25) is 0 Å². The Balaban J connectivity index is -0.000000320. The summed E-state index contributed by atoms with van der Waals surface area (Å²) in [6.45, 7) is 3.63. The van der Waals surface area contributed by atoms with Gasteiger partial charge in [-0.05, 0) is 13.8 Å². The van der Waals surface area contributed by atoms with Gasteiger partial charge >= 0.3 is 7.82 Å². The second kappa shape index (κ2) is 8.13. The zero-order valence-electron chi connectivity index (χ0n) is 6.53. The van der Waals surface area contributed by atoms with Gasteiger partial charge in [-0.1, -0.05) is 0 Å². The SMILES string of the molecule is CCOP(=O)(O)OCC.O.O. The van der Waals surface area contributed by atoms with E-state index in [1.165, 1.54) is 0 Å². The van der Waals surface area contributed by atoms with E-state index < -0.39 is 7.82 Å². The summed E-state index contributed by atoms with van der Waals surface area (Å²) in [5.74, 6) is 0. The van der Waals surface area contributed by atoms with Crippen LogP contribution in [-0.4, -0.2) is 29.1 Å². The minimum atomic E-state index is -3.69. The van der Waals surface area contributed by atoms with Crippen molar-refractivity contribution in [3.05, 3.63) is 0 Å². The van der Waals surface area contributed by atoms with E-state index in [0.717, 1.165) is 0 Å². The molecule has 11 heavy (non-hydrogen) atoms. The average Bonchev–Trinajstić information content (AvgIpc) is 1.64. The Bertz CT molecular complexity index is 105. The zero-order chi connectivity index (χ0) is 7.33. The molecule has 0 aliphatic heterocycles. The van der Waals surface area contributed by atoms with E-state index in [1.54, 1.807) is 13.8 Å². The predicted octanol–water partition coefficient (Wildman–Crippen LogP) is -0.490. The maximum atomic E-state index is 10.5. The monoisotopic (exact) mass is 190 g/mol. The minimum absolute atomic E-state index is 0. The van der Waals surface area contributed by atoms with Crippen molar-refractivity contribution in [3.63, 3.8) is 0 Å². The highest BCUT2D eigenvalue weighted by Gasteiger charge is 2.17. The predicted molar refractivity (Wildman–Crippen MR) is 40.3 cm³/mol. The van der Waals surface area contributed by atoms with Gasteiger partial charge in [0, 0.05) is 0 Å². The van der Waals surface area contributed by atoms with E-state index in [4.69, 9.17) is 4.89 Å². The lowest BCUT2D eigenvalue weighted by Crippen LogP contribution is -1.93. The lowest BCUT2D eigenvalue weighted by Gasteiger charge is -2.07. The third-order valence-corrected chi connectivity index (χ3v) is 1.75. The maximum Gasteiger partial charge on any atom is 0.472 e. The number of hydrogen-bond acceptors (Lipinski definition) is 3. The Morgan fingerprint density at radius 3 is 1.64 bits per heavy atom. The van der Waals surface area contributed by atoms with Gasteiger partial charge in [-0.15, -0.1) is 0 Å². The molecule has 0 heterocycles. The maximum absolute atomic E-state index is 10.5. The van der Waals surface area contributed by atoms with Gasteiger partial charge in [0.05, 0.1) is 13.2 Å². The first-order valence-electron chi connectivity index (χ1n) is 2.74. The molecule has 0 aliphatic rings. The van der Waals surface area contributed by atoms with Crippen molar-refractivity contribution in [1.29, 1.82) is 0 Å². The highest BCUT2D eigenvalue weighted by atomic mass is 31.2. The summed E-state index contributed by atoms with van der Waals surface area (Å²) in [5, 5.41) is 0. The summed E-state index contributed by atoms with van der Waals surface area (Å²) < 4.78 is 19.2. The van der Waals surface area contributed by atoms with E-state index in [1.807, 2.05) is 0 Å².